The molecule has 0 bridgehead atoms. The molecule has 194 valence electrons. The van der Waals surface area contributed by atoms with Crippen LogP contribution in [0.25, 0.3) is 0 Å². The molecule has 13 heteroatoms. The van der Waals surface area contributed by atoms with E-state index in [9.17, 15) is 34.6 Å². The molecule has 3 aromatic carbocycles. The van der Waals surface area contributed by atoms with Crippen LogP contribution in [-0.2, 0) is 4.79 Å². The SMILES string of the molecule is O=C(CCCNC(=O)c1cccc([N+](=O)[O-])c1)NN=Cc1cccc(OC(=O)c2ccc([N+](=O)[O-])cc2)c1. The molecule has 0 unspecified atom stereocenters. The highest BCUT2D eigenvalue weighted by molar-refractivity contribution is 5.94. The summed E-state index contributed by atoms with van der Waals surface area (Å²) in [6, 6.07) is 16.7. The molecule has 3 aromatic rings. The number of esters is 1. The van der Waals surface area contributed by atoms with E-state index in [1.807, 2.05) is 0 Å². The molecule has 2 N–H and O–H groups in total. The van der Waals surface area contributed by atoms with Gasteiger partial charge in [-0.25, -0.2) is 10.2 Å². The van der Waals surface area contributed by atoms with Gasteiger partial charge >= 0.3 is 5.97 Å². The van der Waals surface area contributed by atoms with Crippen molar-refractivity contribution in [3.05, 3.63) is 110 Å². The van der Waals surface area contributed by atoms with Crippen molar-refractivity contribution in [1.82, 2.24) is 10.7 Å². The Morgan fingerprint density at radius 3 is 2.29 bits per heavy atom. The van der Waals surface area contributed by atoms with Crippen LogP contribution in [0.15, 0.2) is 77.9 Å². The monoisotopic (exact) mass is 519 g/mol. The van der Waals surface area contributed by atoms with Crippen LogP contribution in [0, 0.1) is 20.2 Å². The molecule has 0 spiro atoms. The third kappa shape index (κ3) is 8.05. The standard InChI is InChI=1S/C25H21N5O8/c31-23(8-3-13-26-24(32)19-5-2-6-21(15-19)30(36)37)28-27-16-17-4-1-7-22(14-17)38-25(33)18-9-11-20(12-10-18)29(34)35/h1-2,4-7,9-12,14-16H,3,8,13H2,(H,26,32)(H,28,31). The Kier molecular flexibility index (Phi) is 9.29. The van der Waals surface area contributed by atoms with Gasteiger partial charge in [0.15, 0.2) is 0 Å². The summed E-state index contributed by atoms with van der Waals surface area (Å²) in [5.74, 6) is -1.36. The summed E-state index contributed by atoms with van der Waals surface area (Å²) in [6.07, 6.45) is 1.74. The minimum absolute atomic E-state index is 0.0689. The van der Waals surface area contributed by atoms with Gasteiger partial charge in [-0.2, -0.15) is 5.10 Å². The highest BCUT2D eigenvalue weighted by Gasteiger charge is 2.13. The van der Waals surface area contributed by atoms with Gasteiger partial charge in [0.05, 0.1) is 21.6 Å². The molecule has 0 aliphatic rings. The van der Waals surface area contributed by atoms with Crippen molar-refractivity contribution >= 4 is 35.4 Å². The van der Waals surface area contributed by atoms with Crippen LogP contribution in [0.1, 0.15) is 39.1 Å². The van der Waals surface area contributed by atoms with E-state index >= 15 is 0 Å². The lowest BCUT2D eigenvalue weighted by Gasteiger charge is -2.05. The van der Waals surface area contributed by atoms with Crippen LogP contribution in [0.2, 0.25) is 0 Å². The van der Waals surface area contributed by atoms with Crippen LogP contribution in [0.4, 0.5) is 11.4 Å². The first-order chi connectivity index (χ1) is 18.2. The largest absolute Gasteiger partial charge is 0.423 e. The van der Waals surface area contributed by atoms with Crippen molar-refractivity contribution < 1.29 is 29.0 Å². The van der Waals surface area contributed by atoms with E-state index in [4.69, 9.17) is 4.74 Å². The lowest BCUT2D eigenvalue weighted by molar-refractivity contribution is -0.385. The summed E-state index contributed by atoms with van der Waals surface area (Å²) >= 11 is 0. The Labute approximate surface area is 215 Å². The topological polar surface area (TPSA) is 183 Å². The quantitative estimate of drug-likeness (QED) is 0.0964. The van der Waals surface area contributed by atoms with Gasteiger partial charge in [-0.15, -0.1) is 0 Å². The number of carbonyl (C=O) groups is 3. The molecule has 13 nitrogen and oxygen atoms in total. The van der Waals surface area contributed by atoms with E-state index in [-0.39, 0.29) is 41.2 Å². The van der Waals surface area contributed by atoms with Gasteiger partial charge in [0, 0.05) is 42.8 Å². The zero-order valence-corrected chi connectivity index (χ0v) is 19.7. The fourth-order valence-electron chi connectivity index (χ4n) is 3.09. The van der Waals surface area contributed by atoms with E-state index in [1.54, 1.807) is 18.2 Å². The van der Waals surface area contributed by atoms with Crippen molar-refractivity contribution in [2.24, 2.45) is 5.10 Å². The number of amides is 2. The molecule has 0 aliphatic carbocycles. The zero-order valence-electron chi connectivity index (χ0n) is 19.7. The maximum Gasteiger partial charge on any atom is 0.343 e. The van der Waals surface area contributed by atoms with Crippen LogP contribution in [0.3, 0.4) is 0 Å². The van der Waals surface area contributed by atoms with Gasteiger partial charge in [-0.1, -0.05) is 18.2 Å². The maximum atomic E-state index is 12.3. The maximum absolute atomic E-state index is 12.3. The highest BCUT2D eigenvalue weighted by Crippen LogP contribution is 2.17. The van der Waals surface area contributed by atoms with Crippen molar-refractivity contribution in [3.63, 3.8) is 0 Å². The number of nitrogens with one attached hydrogen (secondary N) is 2. The van der Waals surface area contributed by atoms with E-state index in [0.29, 0.717) is 12.0 Å². The first-order valence-corrected chi connectivity index (χ1v) is 11.1. The minimum Gasteiger partial charge on any atom is -0.423 e. The Morgan fingerprint density at radius 2 is 1.58 bits per heavy atom. The highest BCUT2D eigenvalue weighted by atomic mass is 16.6. The first-order valence-electron chi connectivity index (χ1n) is 11.1. The predicted molar refractivity (Wildman–Crippen MR) is 135 cm³/mol. The van der Waals surface area contributed by atoms with Gasteiger partial charge in [0.25, 0.3) is 17.3 Å². The van der Waals surface area contributed by atoms with Crippen LogP contribution in [0.5, 0.6) is 5.75 Å². The molecular formula is C25H21N5O8. The van der Waals surface area contributed by atoms with Gasteiger partial charge in [-0.05, 0) is 42.3 Å². The zero-order chi connectivity index (χ0) is 27.5. The molecule has 0 aliphatic heterocycles. The van der Waals surface area contributed by atoms with Gasteiger partial charge in [0.2, 0.25) is 5.91 Å². The molecule has 38 heavy (non-hydrogen) atoms. The number of nitro benzene ring substituents is 2. The molecule has 2 amide bonds. The first kappa shape index (κ1) is 27.1. The number of carbonyl (C=O) groups excluding carboxylic acids is 3. The normalized spacial score (nSPS) is 10.5. The van der Waals surface area contributed by atoms with E-state index in [2.05, 4.69) is 15.8 Å². The van der Waals surface area contributed by atoms with Crippen molar-refractivity contribution in [1.29, 1.82) is 0 Å². The Balaban J connectivity index is 1.42. The second-order valence-corrected chi connectivity index (χ2v) is 7.73. The van der Waals surface area contributed by atoms with E-state index < -0.39 is 27.6 Å². The predicted octanol–water partition coefficient (Wildman–Crippen LogP) is 3.38. The summed E-state index contributed by atoms with van der Waals surface area (Å²) in [6.45, 7) is 0.181. The van der Waals surface area contributed by atoms with Crippen LogP contribution >= 0.6 is 0 Å². The molecule has 0 saturated heterocycles. The summed E-state index contributed by atoms with van der Waals surface area (Å²) < 4.78 is 5.28. The Morgan fingerprint density at radius 1 is 0.868 bits per heavy atom. The van der Waals surface area contributed by atoms with Crippen LogP contribution in [-0.4, -0.2) is 40.4 Å². The lowest BCUT2D eigenvalue weighted by Crippen LogP contribution is -2.26. The minimum atomic E-state index is -0.695. The van der Waals surface area contributed by atoms with Crippen LogP contribution < -0.4 is 15.5 Å². The molecule has 3 rings (SSSR count). The molecule has 0 fully saturated rings. The van der Waals surface area contributed by atoms with E-state index in [0.717, 1.165) is 0 Å². The van der Waals surface area contributed by atoms with Gasteiger partial charge < -0.3 is 10.1 Å². The van der Waals surface area contributed by atoms with Crippen molar-refractivity contribution in [2.45, 2.75) is 12.8 Å². The average molecular weight is 519 g/mol. The summed E-state index contributed by atoms with van der Waals surface area (Å²) in [7, 11) is 0. The molecule has 0 atom stereocenters. The second-order valence-electron chi connectivity index (χ2n) is 7.73. The van der Waals surface area contributed by atoms with Gasteiger partial charge in [0.1, 0.15) is 5.75 Å². The number of benzene rings is 3. The number of rotatable bonds is 11. The van der Waals surface area contributed by atoms with Crippen molar-refractivity contribution in [2.75, 3.05) is 6.54 Å². The van der Waals surface area contributed by atoms with Crippen molar-refractivity contribution in [3.8, 4) is 5.75 Å². The fraction of sp³-hybridized carbons (Fsp3) is 0.120. The molecule has 0 radical (unpaired) electrons. The fourth-order valence-corrected chi connectivity index (χ4v) is 3.09. The van der Waals surface area contributed by atoms with E-state index in [1.165, 1.54) is 60.8 Å². The smallest absolute Gasteiger partial charge is 0.343 e. The Bertz CT molecular complexity index is 1390. The number of ether oxygens (including phenoxy) is 1. The lowest BCUT2D eigenvalue weighted by atomic mass is 10.2. The average Bonchev–Trinajstić information content (AvgIpc) is 2.91. The molecule has 0 heterocycles. The number of non-ortho nitro benzene ring substituents is 2. The summed E-state index contributed by atoms with van der Waals surface area (Å²) in [5.41, 5.74) is 2.83. The summed E-state index contributed by atoms with van der Waals surface area (Å²) in [5, 5.41) is 28.0. The third-order valence-electron chi connectivity index (χ3n) is 4.97. The molecule has 0 aromatic heterocycles. The molecule has 0 saturated carbocycles. The second kappa shape index (κ2) is 13.0. The number of hydrazone groups is 1. The summed E-state index contributed by atoms with van der Waals surface area (Å²) in [4.78, 5) is 56.7. The number of hydrogen-bond donors (Lipinski definition) is 2. The number of hydrogen-bond acceptors (Lipinski definition) is 9. The van der Waals surface area contributed by atoms with Gasteiger partial charge in [-0.3, -0.25) is 29.8 Å². The third-order valence-corrected chi connectivity index (χ3v) is 4.97. The number of nitrogens with zero attached hydrogens (tertiary/aromatic N) is 3. The molecular weight excluding hydrogens is 498 g/mol. The Hall–Kier alpha value is -5.46. The number of nitro groups is 2.